The Labute approximate surface area is 233 Å². The molecule has 0 unspecified atom stereocenters. The number of nitrogen functional groups attached to an aromatic ring is 1. The van der Waals surface area contributed by atoms with E-state index in [1.807, 2.05) is 0 Å². The van der Waals surface area contributed by atoms with Crippen molar-refractivity contribution < 1.29 is 37.4 Å². The second-order valence-electron chi connectivity index (χ2n) is 10.0. The summed E-state index contributed by atoms with van der Waals surface area (Å²) in [6, 6.07) is 7.12. The highest BCUT2D eigenvalue weighted by Gasteiger charge is 2.47. The number of benzene rings is 1. The van der Waals surface area contributed by atoms with Crippen LogP contribution in [0.15, 0.2) is 41.5 Å². The van der Waals surface area contributed by atoms with Crippen molar-refractivity contribution in [3.63, 3.8) is 0 Å². The van der Waals surface area contributed by atoms with Crippen LogP contribution in [0.1, 0.15) is 38.8 Å². The van der Waals surface area contributed by atoms with E-state index in [-0.39, 0.29) is 29.0 Å². The monoisotopic (exact) mass is 594 g/mol. The van der Waals surface area contributed by atoms with E-state index in [2.05, 4.69) is 20.0 Å². The van der Waals surface area contributed by atoms with Crippen molar-refractivity contribution in [2.45, 2.75) is 63.2 Å². The lowest BCUT2D eigenvalue weighted by Gasteiger charge is -2.25. The third-order valence-corrected chi connectivity index (χ3v) is 8.74. The second-order valence-corrected chi connectivity index (χ2v) is 11.7. The number of nitrogens with one attached hydrogen (secondary N) is 2. The van der Waals surface area contributed by atoms with Gasteiger partial charge in [0, 0.05) is 5.92 Å². The highest BCUT2D eigenvalue weighted by molar-refractivity contribution is 7.52. The average molecular weight is 595 g/mol. The van der Waals surface area contributed by atoms with Crippen LogP contribution in [-0.4, -0.2) is 68.2 Å². The summed E-state index contributed by atoms with van der Waals surface area (Å²) in [5.74, 6) is -1.69. The summed E-state index contributed by atoms with van der Waals surface area (Å²) in [6.45, 7) is -0.00920. The Kier molecular flexibility index (Phi) is 8.71. The lowest BCUT2D eigenvalue weighted by Crippen LogP contribution is -2.37. The van der Waals surface area contributed by atoms with Crippen molar-refractivity contribution in [1.29, 1.82) is 0 Å². The lowest BCUT2D eigenvalue weighted by molar-refractivity contribution is -0.150. The van der Waals surface area contributed by atoms with Crippen LogP contribution in [0.3, 0.4) is 0 Å². The quantitative estimate of drug-likeness (QED) is 0.187. The van der Waals surface area contributed by atoms with E-state index in [4.69, 9.17) is 24.3 Å². The predicted octanol–water partition coefficient (Wildman–Crippen LogP) is 2.21. The molecule has 6 atom stereocenters. The molecule has 0 amide bonds. The molecule has 2 aromatic heterocycles. The van der Waals surface area contributed by atoms with Crippen molar-refractivity contribution in [2.75, 3.05) is 19.0 Å². The smallest absolute Gasteiger partial charge is 0.459 e. The highest BCUT2D eigenvalue weighted by atomic mass is 31.2. The van der Waals surface area contributed by atoms with E-state index >= 15 is 0 Å². The van der Waals surface area contributed by atoms with Crippen LogP contribution in [0, 0.1) is 5.92 Å². The summed E-state index contributed by atoms with van der Waals surface area (Å²) < 4.78 is 52.1. The number of aromatic amines is 1. The number of hydrogen-bond acceptors (Lipinski definition) is 11. The summed E-state index contributed by atoms with van der Waals surface area (Å²) >= 11 is 0. The first-order valence-electron chi connectivity index (χ1n) is 13.3. The Balaban J connectivity index is 1.33. The van der Waals surface area contributed by atoms with E-state index in [1.165, 1.54) is 17.8 Å². The first-order chi connectivity index (χ1) is 19.7. The van der Waals surface area contributed by atoms with Gasteiger partial charge in [-0.2, -0.15) is 10.1 Å². The zero-order valence-corrected chi connectivity index (χ0v) is 23.1. The van der Waals surface area contributed by atoms with Gasteiger partial charge >= 0.3 is 13.7 Å². The molecule has 2 fully saturated rings. The maximum absolute atomic E-state index is 14.1. The van der Waals surface area contributed by atoms with Gasteiger partial charge in [-0.3, -0.25) is 28.1 Å². The summed E-state index contributed by atoms with van der Waals surface area (Å²) in [5.41, 5.74) is 5.05. The number of H-pyrrole nitrogens is 1. The Morgan fingerprint density at radius 3 is 2.78 bits per heavy atom. The van der Waals surface area contributed by atoms with Gasteiger partial charge in [0.15, 0.2) is 17.4 Å². The first kappa shape index (κ1) is 29.1. The molecule has 1 aliphatic heterocycles. The number of aromatic nitrogens is 4. The first-order valence-corrected chi connectivity index (χ1v) is 14.8. The van der Waals surface area contributed by atoms with Crippen LogP contribution in [0.25, 0.3) is 11.2 Å². The van der Waals surface area contributed by atoms with E-state index in [0.717, 1.165) is 25.7 Å². The predicted molar refractivity (Wildman–Crippen MR) is 144 cm³/mol. The third-order valence-electron chi connectivity index (χ3n) is 7.09. The molecule has 0 bridgehead atoms. The highest BCUT2D eigenvalue weighted by Crippen LogP contribution is 2.46. The van der Waals surface area contributed by atoms with Crippen molar-refractivity contribution in [2.24, 2.45) is 5.92 Å². The maximum atomic E-state index is 14.1. The second kappa shape index (κ2) is 12.2. The number of imidazole rings is 1. The molecule has 16 heteroatoms. The summed E-state index contributed by atoms with van der Waals surface area (Å²) in [6.07, 6.45) is 0.785. The molecule has 0 radical (unpaired) electrons. The number of nitrogens with two attached hydrogens (primary N) is 1. The van der Waals surface area contributed by atoms with Gasteiger partial charge < -0.3 is 24.8 Å². The fourth-order valence-electron chi connectivity index (χ4n) is 4.95. The van der Waals surface area contributed by atoms with E-state index in [1.54, 1.807) is 30.3 Å². The molecule has 222 valence electrons. The summed E-state index contributed by atoms with van der Waals surface area (Å²) in [7, 11) is -4.27. The molecule has 5 N–H and O–H groups in total. The van der Waals surface area contributed by atoms with Crippen LogP contribution < -0.4 is 20.9 Å². The summed E-state index contributed by atoms with van der Waals surface area (Å²) in [4.78, 5) is 35.2. The molecule has 1 saturated carbocycles. The number of para-hydroxylation sites is 1. The van der Waals surface area contributed by atoms with E-state index in [9.17, 15) is 23.7 Å². The number of carbonyl (C=O) groups is 1. The third kappa shape index (κ3) is 6.44. The number of aliphatic hydroxyl groups is 1. The zero-order chi connectivity index (χ0) is 29.1. The standard InChI is InChI=1S/C25H32FN6O8P/c1-14(24(35)38-15-7-5-6-8-15)31-41(36,40-16-9-3-2-4-10-16)37-12-18-17(11-26)20(33)23(39-18)32-13-28-19-21(32)29-25(27)30-22(19)34/h2-4,9-10,13-15,17-18,20,23,33H,5-8,11-12H2,1H3,(H,31,36)(H3,27,29,30,34)/t14-,17+,18+,20+,23+,41+/m0/s1. The molecular weight excluding hydrogens is 562 g/mol. The summed E-state index contributed by atoms with van der Waals surface area (Å²) in [5, 5.41) is 13.5. The Morgan fingerprint density at radius 2 is 2.07 bits per heavy atom. The number of esters is 1. The number of aliphatic hydroxyl groups excluding tert-OH is 1. The molecule has 3 aromatic rings. The topological polar surface area (TPSA) is 193 Å². The van der Waals surface area contributed by atoms with Crippen LogP contribution in [-0.2, 0) is 23.4 Å². The number of fused-ring (bicyclic) bond motifs is 1. The maximum Gasteiger partial charge on any atom is 0.459 e. The number of carbonyl (C=O) groups excluding carboxylic acids is 1. The molecule has 0 spiro atoms. The number of rotatable bonds is 11. The van der Waals surface area contributed by atoms with Gasteiger partial charge in [0.25, 0.3) is 5.56 Å². The minimum absolute atomic E-state index is 0.0313. The van der Waals surface area contributed by atoms with Gasteiger partial charge in [-0.25, -0.2) is 9.55 Å². The van der Waals surface area contributed by atoms with Gasteiger partial charge in [-0.1, -0.05) is 18.2 Å². The van der Waals surface area contributed by atoms with Crippen LogP contribution >= 0.6 is 7.75 Å². The van der Waals surface area contributed by atoms with Gasteiger partial charge in [-0.05, 0) is 44.7 Å². The van der Waals surface area contributed by atoms with Crippen LogP contribution in [0.2, 0.25) is 0 Å². The molecule has 2 aliphatic rings. The normalized spacial score (nSPS) is 25.2. The number of alkyl halides is 1. The molecular formula is C25H32FN6O8P. The fourth-order valence-corrected chi connectivity index (χ4v) is 6.45. The molecule has 41 heavy (non-hydrogen) atoms. The van der Waals surface area contributed by atoms with Gasteiger partial charge in [0.2, 0.25) is 5.95 Å². The molecule has 14 nitrogen and oxygen atoms in total. The molecule has 1 saturated heterocycles. The van der Waals surface area contributed by atoms with Gasteiger partial charge in [0.1, 0.15) is 24.0 Å². The number of ether oxygens (including phenoxy) is 2. The minimum atomic E-state index is -4.27. The zero-order valence-electron chi connectivity index (χ0n) is 22.2. The van der Waals surface area contributed by atoms with E-state index in [0.29, 0.717) is 0 Å². The number of hydrogen-bond donors (Lipinski definition) is 4. The Morgan fingerprint density at radius 1 is 1.34 bits per heavy atom. The lowest BCUT2D eigenvalue weighted by atomic mass is 10.0. The average Bonchev–Trinajstić information content (AvgIpc) is 3.67. The van der Waals surface area contributed by atoms with Crippen molar-refractivity contribution in [3.05, 3.63) is 47.0 Å². The van der Waals surface area contributed by atoms with Crippen LogP contribution in [0.4, 0.5) is 10.3 Å². The molecule has 3 heterocycles. The Bertz CT molecular complexity index is 1470. The largest absolute Gasteiger partial charge is 0.461 e. The Hall–Kier alpha value is -3.36. The minimum Gasteiger partial charge on any atom is -0.461 e. The van der Waals surface area contributed by atoms with Crippen molar-refractivity contribution in [3.8, 4) is 5.75 Å². The van der Waals surface area contributed by atoms with Crippen molar-refractivity contribution in [1.82, 2.24) is 24.6 Å². The number of halogens is 1. The van der Waals surface area contributed by atoms with E-state index < -0.39 is 63.0 Å². The fraction of sp³-hybridized carbons (Fsp3) is 0.520. The molecule has 1 aromatic carbocycles. The number of anilines is 1. The molecule has 5 rings (SSSR count). The SMILES string of the molecule is C[C@H](N[P@@](=O)(OC[C@H]1O[C@@H](n2cnc3c(=O)[nH]c(N)nc32)[C@H](O)[C@@H]1CF)Oc1ccccc1)C(=O)OC1CCCC1. The van der Waals surface area contributed by atoms with Gasteiger partial charge in [-0.15, -0.1) is 0 Å². The van der Waals surface area contributed by atoms with Crippen molar-refractivity contribution >= 4 is 30.8 Å². The number of nitrogens with zero attached hydrogens (tertiary/aromatic N) is 3. The molecule has 1 aliphatic carbocycles. The van der Waals surface area contributed by atoms with Crippen LogP contribution in [0.5, 0.6) is 5.75 Å². The van der Waals surface area contributed by atoms with Gasteiger partial charge in [0.05, 0.1) is 25.7 Å².